The lowest BCUT2D eigenvalue weighted by Gasteiger charge is -2.25. The monoisotopic (exact) mass is 326 g/mol. The van der Waals surface area contributed by atoms with Gasteiger partial charge in [0.15, 0.2) is 11.5 Å². The number of nitrogens with one attached hydrogen (secondary N) is 2. The van der Waals surface area contributed by atoms with Crippen LogP contribution in [0.25, 0.3) is 0 Å². The Morgan fingerprint density at radius 3 is 2.58 bits per heavy atom. The quantitative estimate of drug-likeness (QED) is 0.818. The van der Waals surface area contributed by atoms with Crippen molar-refractivity contribution in [2.45, 2.75) is 13.2 Å². The van der Waals surface area contributed by atoms with Crippen molar-refractivity contribution < 1.29 is 14.3 Å². The zero-order valence-electron chi connectivity index (χ0n) is 13.7. The molecule has 0 unspecified atom stereocenters. The highest BCUT2D eigenvalue weighted by molar-refractivity contribution is 5.80. The van der Waals surface area contributed by atoms with E-state index >= 15 is 0 Å². The molecule has 0 saturated carbocycles. The molecule has 0 aliphatic carbocycles. The molecular formula is C19H22N2O3. The fraction of sp³-hybridized carbons (Fsp3) is 0.316. The first-order valence-electron chi connectivity index (χ1n) is 8.08. The van der Waals surface area contributed by atoms with Gasteiger partial charge >= 0.3 is 0 Å². The minimum Gasteiger partial charge on any atom is -0.493 e. The van der Waals surface area contributed by atoms with Crippen molar-refractivity contribution in [3.05, 3.63) is 59.7 Å². The van der Waals surface area contributed by atoms with E-state index in [0.717, 1.165) is 24.2 Å². The van der Waals surface area contributed by atoms with Crippen LogP contribution in [-0.2, 0) is 17.9 Å². The van der Waals surface area contributed by atoms with Gasteiger partial charge in [-0.1, -0.05) is 36.4 Å². The molecular weight excluding hydrogens is 304 g/mol. The van der Waals surface area contributed by atoms with Gasteiger partial charge in [0.1, 0.15) is 6.61 Å². The third kappa shape index (κ3) is 4.06. The van der Waals surface area contributed by atoms with Crippen LogP contribution < -0.4 is 20.1 Å². The highest BCUT2D eigenvalue weighted by atomic mass is 16.5. The Hall–Kier alpha value is -2.53. The van der Waals surface area contributed by atoms with E-state index in [1.54, 1.807) is 7.11 Å². The van der Waals surface area contributed by atoms with Crippen LogP contribution in [0.5, 0.6) is 11.5 Å². The van der Waals surface area contributed by atoms with E-state index in [2.05, 4.69) is 10.6 Å². The number of ether oxygens (including phenoxy) is 2. The number of methoxy groups -OCH3 is 1. The molecule has 0 atom stereocenters. The predicted molar refractivity (Wildman–Crippen MR) is 92.0 cm³/mol. The summed E-state index contributed by atoms with van der Waals surface area (Å²) in [6.45, 7) is 2.51. The van der Waals surface area contributed by atoms with Gasteiger partial charge < -0.3 is 20.1 Å². The maximum atomic E-state index is 11.9. The van der Waals surface area contributed by atoms with E-state index < -0.39 is 0 Å². The summed E-state index contributed by atoms with van der Waals surface area (Å²) < 4.78 is 11.3. The Morgan fingerprint density at radius 2 is 1.92 bits per heavy atom. The smallest absolute Gasteiger partial charge is 0.225 e. The lowest BCUT2D eigenvalue weighted by atomic mass is 10.0. The fourth-order valence-corrected chi connectivity index (χ4v) is 2.48. The largest absolute Gasteiger partial charge is 0.493 e. The van der Waals surface area contributed by atoms with Gasteiger partial charge in [0, 0.05) is 19.6 Å². The standard InChI is InChI=1S/C19H22N2O3/c1-23-18-9-15(10-21-19(22)16-11-20-12-16)7-8-17(18)24-13-14-5-3-2-4-6-14/h2-9,16,20H,10-13H2,1H3,(H,21,22). The third-order valence-electron chi connectivity index (χ3n) is 4.08. The second kappa shape index (κ2) is 7.84. The molecule has 5 heteroatoms. The number of hydrogen-bond acceptors (Lipinski definition) is 4. The molecule has 5 nitrogen and oxygen atoms in total. The summed E-state index contributed by atoms with van der Waals surface area (Å²) in [4.78, 5) is 11.9. The lowest BCUT2D eigenvalue weighted by Crippen LogP contribution is -2.50. The van der Waals surface area contributed by atoms with Gasteiger partial charge in [0.25, 0.3) is 0 Å². The summed E-state index contributed by atoms with van der Waals surface area (Å²) in [6, 6.07) is 15.7. The van der Waals surface area contributed by atoms with Crippen LogP contribution in [0.15, 0.2) is 48.5 Å². The molecule has 3 rings (SSSR count). The first kappa shape index (κ1) is 16.3. The van der Waals surface area contributed by atoms with Crippen molar-refractivity contribution in [1.82, 2.24) is 10.6 Å². The van der Waals surface area contributed by atoms with Crippen molar-refractivity contribution in [1.29, 1.82) is 0 Å². The van der Waals surface area contributed by atoms with Crippen LogP contribution >= 0.6 is 0 Å². The first-order valence-corrected chi connectivity index (χ1v) is 8.08. The number of carbonyl (C=O) groups is 1. The molecule has 126 valence electrons. The maximum absolute atomic E-state index is 11.9. The van der Waals surface area contributed by atoms with Crippen molar-refractivity contribution in [2.75, 3.05) is 20.2 Å². The van der Waals surface area contributed by atoms with Crippen molar-refractivity contribution in [3.63, 3.8) is 0 Å². The normalized spacial score (nSPS) is 13.9. The van der Waals surface area contributed by atoms with Crippen LogP contribution in [-0.4, -0.2) is 26.1 Å². The third-order valence-corrected chi connectivity index (χ3v) is 4.08. The zero-order valence-corrected chi connectivity index (χ0v) is 13.7. The Morgan fingerprint density at radius 1 is 1.12 bits per heavy atom. The summed E-state index contributed by atoms with van der Waals surface area (Å²) in [7, 11) is 1.62. The molecule has 0 bridgehead atoms. The SMILES string of the molecule is COc1cc(CNC(=O)C2CNC2)ccc1OCc1ccccc1. The minimum absolute atomic E-state index is 0.0946. The molecule has 0 spiro atoms. The molecule has 1 amide bonds. The van der Waals surface area contributed by atoms with Crippen LogP contribution in [0.4, 0.5) is 0 Å². The van der Waals surface area contributed by atoms with Gasteiger partial charge in [-0.25, -0.2) is 0 Å². The molecule has 0 radical (unpaired) electrons. The highest BCUT2D eigenvalue weighted by Gasteiger charge is 2.24. The molecule has 24 heavy (non-hydrogen) atoms. The molecule has 1 fully saturated rings. The lowest BCUT2D eigenvalue weighted by molar-refractivity contribution is -0.126. The topological polar surface area (TPSA) is 59.6 Å². The van der Waals surface area contributed by atoms with E-state index in [9.17, 15) is 4.79 Å². The number of rotatable bonds is 7. The average molecular weight is 326 g/mol. The van der Waals surface area contributed by atoms with Crippen LogP contribution in [0.2, 0.25) is 0 Å². The van der Waals surface area contributed by atoms with Crippen molar-refractivity contribution >= 4 is 5.91 Å². The second-order valence-electron chi connectivity index (χ2n) is 5.83. The summed E-state index contributed by atoms with van der Waals surface area (Å²) in [5, 5.41) is 6.05. The number of carbonyl (C=O) groups excluding carboxylic acids is 1. The van der Waals surface area contributed by atoms with Gasteiger partial charge in [-0.3, -0.25) is 4.79 Å². The number of amides is 1. The van der Waals surface area contributed by atoms with Gasteiger partial charge in [0.2, 0.25) is 5.91 Å². The molecule has 2 N–H and O–H groups in total. The van der Waals surface area contributed by atoms with Gasteiger partial charge in [-0.2, -0.15) is 0 Å². The predicted octanol–water partition coefficient (Wildman–Crippen LogP) is 2.11. The summed E-state index contributed by atoms with van der Waals surface area (Å²) >= 11 is 0. The molecule has 1 heterocycles. The maximum Gasteiger partial charge on any atom is 0.225 e. The van der Waals surface area contributed by atoms with E-state index in [1.807, 2.05) is 48.5 Å². The minimum atomic E-state index is 0.0946. The fourth-order valence-electron chi connectivity index (χ4n) is 2.48. The molecule has 1 saturated heterocycles. The summed E-state index contributed by atoms with van der Waals surface area (Å²) in [6.07, 6.45) is 0. The molecule has 0 aromatic heterocycles. The Balaban J connectivity index is 1.58. The second-order valence-corrected chi connectivity index (χ2v) is 5.83. The average Bonchev–Trinajstić information content (AvgIpc) is 2.58. The molecule has 1 aliphatic heterocycles. The van der Waals surface area contributed by atoms with Gasteiger partial charge in [0.05, 0.1) is 13.0 Å². The Bertz CT molecular complexity index is 684. The Kier molecular flexibility index (Phi) is 5.33. The van der Waals surface area contributed by atoms with Gasteiger partial charge in [-0.15, -0.1) is 0 Å². The number of hydrogen-bond donors (Lipinski definition) is 2. The first-order chi connectivity index (χ1) is 11.8. The van der Waals surface area contributed by atoms with Gasteiger partial charge in [-0.05, 0) is 23.3 Å². The zero-order chi connectivity index (χ0) is 16.8. The number of benzene rings is 2. The van der Waals surface area contributed by atoms with Crippen LogP contribution in [0, 0.1) is 5.92 Å². The Labute approximate surface area is 142 Å². The van der Waals surface area contributed by atoms with E-state index in [-0.39, 0.29) is 11.8 Å². The van der Waals surface area contributed by atoms with Crippen molar-refractivity contribution in [3.8, 4) is 11.5 Å². The van der Waals surface area contributed by atoms with E-state index in [0.29, 0.717) is 24.7 Å². The van der Waals surface area contributed by atoms with Crippen molar-refractivity contribution in [2.24, 2.45) is 5.92 Å². The molecule has 2 aromatic rings. The van der Waals surface area contributed by atoms with Crippen LogP contribution in [0.3, 0.4) is 0 Å². The summed E-state index contributed by atoms with van der Waals surface area (Å²) in [5.41, 5.74) is 2.09. The summed E-state index contributed by atoms with van der Waals surface area (Å²) in [5.74, 6) is 1.56. The van der Waals surface area contributed by atoms with E-state index in [4.69, 9.17) is 9.47 Å². The molecule has 1 aliphatic rings. The highest BCUT2D eigenvalue weighted by Crippen LogP contribution is 2.28. The van der Waals surface area contributed by atoms with E-state index in [1.165, 1.54) is 0 Å². The molecule has 2 aromatic carbocycles. The van der Waals surface area contributed by atoms with Crippen LogP contribution in [0.1, 0.15) is 11.1 Å².